The van der Waals surface area contributed by atoms with Gasteiger partial charge in [0, 0.05) is 37.4 Å². The molecule has 0 amide bonds. The number of aromatic hydroxyl groups is 1. The van der Waals surface area contributed by atoms with Crippen LogP contribution in [0.2, 0.25) is 0 Å². The fourth-order valence-corrected chi connectivity index (χ4v) is 3.08. The van der Waals surface area contributed by atoms with Crippen LogP contribution in [0, 0.1) is 0 Å². The lowest BCUT2D eigenvalue weighted by Crippen LogP contribution is -2.08. The van der Waals surface area contributed by atoms with Crippen molar-refractivity contribution in [1.82, 2.24) is 0 Å². The number of phenolic OH excluding ortho intramolecular Hbond substituents is 1. The molecule has 0 fully saturated rings. The number of aliphatic imine (C=N–C) groups is 1. The van der Waals surface area contributed by atoms with E-state index in [0.717, 1.165) is 17.3 Å². The van der Waals surface area contributed by atoms with Crippen LogP contribution in [-0.4, -0.2) is 38.4 Å². The van der Waals surface area contributed by atoms with Crippen molar-refractivity contribution in [2.24, 2.45) is 4.99 Å². The van der Waals surface area contributed by atoms with E-state index in [2.05, 4.69) is 4.99 Å². The Morgan fingerprint density at radius 1 is 1.00 bits per heavy atom. The molecule has 2 N–H and O–H groups in total. The lowest BCUT2D eigenvalue weighted by molar-refractivity contribution is 0.471. The topological polar surface area (TPSA) is 90.2 Å². The Bertz CT molecular complexity index is 1090. The molecule has 0 aliphatic carbocycles. The summed E-state index contributed by atoms with van der Waals surface area (Å²) in [6, 6.07) is 15.2. The Balaban J connectivity index is 1.95. The number of anilines is 1. The standard InChI is InChI=1S/C19H18N2O4S/c1-21(2)16-6-3-13(4-7-16)12-20-15-5-8-18-14(9-15)10-17(11-19(18)22)26(23,24)25/h3-12,22H,1-2H3,(H,23,24,25). The first-order chi connectivity index (χ1) is 12.2. The number of hydrogen-bond donors (Lipinski definition) is 2. The van der Waals surface area contributed by atoms with Crippen molar-refractivity contribution in [3.8, 4) is 5.75 Å². The first kappa shape index (κ1) is 17.9. The van der Waals surface area contributed by atoms with Crippen molar-refractivity contribution in [3.05, 3.63) is 60.2 Å². The predicted molar refractivity (Wildman–Crippen MR) is 103 cm³/mol. The van der Waals surface area contributed by atoms with Crippen LogP contribution in [0.25, 0.3) is 10.8 Å². The van der Waals surface area contributed by atoms with Gasteiger partial charge in [-0.15, -0.1) is 0 Å². The number of fused-ring (bicyclic) bond motifs is 1. The minimum Gasteiger partial charge on any atom is -0.507 e. The number of benzene rings is 3. The summed E-state index contributed by atoms with van der Waals surface area (Å²) in [6.07, 6.45) is 1.70. The van der Waals surface area contributed by atoms with E-state index in [1.807, 2.05) is 43.3 Å². The zero-order valence-corrected chi connectivity index (χ0v) is 15.1. The van der Waals surface area contributed by atoms with Crippen LogP contribution in [0.4, 0.5) is 11.4 Å². The molecule has 3 rings (SSSR count). The third-order valence-corrected chi connectivity index (χ3v) is 4.79. The third-order valence-electron chi connectivity index (χ3n) is 3.96. The molecule has 0 heterocycles. The number of nitrogens with zero attached hydrogens (tertiary/aromatic N) is 2. The van der Waals surface area contributed by atoms with Crippen LogP contribution in [0.15, 0.2) is 64.5 Å². The van der Waals surface area contributed by atoms with Crippen molar-refractivity contribution in [2.45, 2.75) is 4.90 Å². The first-order valence-corrected chi connectivity index (χ1v) is 9.24. The van der Waals surface area contributed by atoms with Gasteiger partial charge in [0.25, 0.3) is 10.1 Å². The first-order valence-electron chi connectivity index (χ1n) is 7.80. The van der Waals surface area contributed by atoms with E-state index in [4.69, 9.17) is 0 Å². The molecule has 3 aromatic rings. The molecule has 7 heteroatoms. The Hall–Kier alpha value is -2.90. The molecule has 0 atom stereocenters. The minimum atomic E-state index is -4.40. The summed E-state index contributed by atoms with van der Waals surface area (Å²) in [7, 11) is -0.465. The summed E-state index contributed by atoms with van der Waals surface area (Å²) in [5.74, 6) is -0.218. The van der Waals surface area contributed by atoms with Gasteiger partial charge in [-0.2, -0.15) is 8.42 Å². The normalized spacial score (nSPS) is 12.0. The largest absolute Gasteiger partial charge is 0.507 e. The molecule has 0 radical (unpaired) electrons. The summed E-state index contributed by atoms with van der Waals surface area (Å²) in [6.45, 7) is 0. The Morgan fingerprint density at radius 3 is 2.31 bits per heavy atom. The van der Waals surface area contributed by atoms with Crippen molar-refractivity contribution in [3.63, 3.8) is 0 Å². The van der Waals surface area contributed by atoms with Crippen molar-refractivity contribution < 1.29 is 18.1 Å². The lowest BCUT2D eigenvalue weighted by Gasteiger charge is -2.11. The highest BCUT2D eigenvalue weighted by Gasteiger charge is 2.13. The predicted octanol–water partition coefficient (Wildman–Crippen LogP) is 3.61. The molecule has 0 bridgehead atoms. The molecule has 0 spiro atoms. The van der Waals surface area contributed by atoms with Gasteiger partial charge in [-0.3, -0.25) is 9.55 Å². The maximum Gasteiger partial charge on any atom is 0.294 e. The van der Waals surface area contributed by atoms with Crippen LogP contribution in [0.3, 0.4) is 0 Å². The molecule has 0 aliphatic heterocycles. The molecule has 0 saturated carbocycles. The average Bonchev–Trinajstić information content (AvgIpc) is 2.59. The SMILES string of the molecule is CN(C)c1ccc(C=Nc2ccc3c(O)cc(S(=O)(=O)O)cc3c2)cc1. The highest BCUT2D eigenvalue weighted by molar-refractivity contribution is 7.85. The highest BCUT2D eigenvalue weighted by Crippen LogP contribution is 2.31. The fourth-order valence-electron chi connectivity index (χ4n) is 2.55. The van der Waals surface area contributed by atoms with Gasteiger partial charge in [-0.05, 0) is 47.3 Å². The molecule has 134 valence electrons. The van der Waals surface area contributed by atoms with Gasteiger partial charge in [-0.25, -0.2) is 0 Å². The summed E-state index contributed by atoms with van der Waals surface area (Å²) >= 11 is 0. The van der Waals surface area contributed by atoms with Gasteiger partial charge in [0.05, 0.1) is 10.6 Å². The molecule has 0 aliphatic rings. The second kappa shape index (κ2) is 6.78. The van der Waals surface area contributed by atoms with Gasteiger partial charge < -0.3 is 10.0 Å². The van der Waals surface area contributed by atoms with Gasteiger partial charge in [0.15, 0.2) is 0 Å². The molecule has 3 aromatic carbocycles. The third kappa shape index (κ3) is 3.84. The van der Waals surface area contributed by atoms with E-state index in [-0.39, 0.29) is 10.6 Å². The van der Waals surface area contributed by atoms with Gasteiger partial charge in [0.1, 0.15) is 5.75 Å². The molecule has 0 unspecified atom stereocenters. The number of hydrogen-bond acceptors (Lipinski definition) is 5. The number of rotatable bonds is 4. The van der Waals surface area contributed by atoms with Crippen molar-refractivity contribution in [1.29, 1.82) is 0 Å². The van der Waals surface area contributed by atoms with Crippen LogP contribution >= 0.6 is 0 Å². The quantitative estimate of drug-likeness (QED) is 0.541. The summed E-state index contributed by atoms with van der Waals surface area (Å²) < 4.78 is 31.8. The van der Waals surface area contributed by atoms with Crippen molar-refractivity contribution in [2.75, 3.05) is 19.0 Å². The van der Waals surface area contributed by atoms with E-state index in [9.17, 15) is 18.1 Å². The summed E-state index contributed by atoms with van der Waals surface area (Å²) in [4.78, 5) is 6.04. The van der Waals surface area contributed by atoms with E-state index in [1.165, 1.54) is 6.07 Å². The molecule has 26 heavy (non-hydrogen) atoms. The van der Waals surface area contributed by atoms with Crippen LogP contribution in [-0.2, 0) is 10.1 Å². The fraction of sp³-hybridized carbons (Fsp3) is 0.105. The monoisotopic (exact) mass is 370 g/mol. The average molecular weight is 370 g/mol. The van der Waals surface area contributed by atoms with E-state index in [0.29, 0.717) is 16.5 Å². The zero-order valence-electron chi connectivity index (χ0n) is 14.3. The lowest BCUT2D eigenvalue weighted by atomic mass is 10.1. The van der Waals surface area contributed by atoms with Gasteiger partial charge >= 0.3 is 0 Å². The smallest absolute Gasteiger partial charge is 0.294 e. The highest BCUT2D eigenvalue weighted by atomic mass is 32.2. The Kier molecular flexibility index (Phi) is 4.67. The van der Waals surface area contributed by atoms with Gasteiger partial charge in [-0.1, -0.05) is 12.1 Å². The molecular formula is C19H18N2O4S. The van der Waals surface area contributed by atoms with Gasteiger partial charge in [0.2, 0.25) is 0 Å². The van der Waals surface area contributed by atoms with Crippen LogP contribution in [0.5, 0.6) is 5.75 Å². The minimum absolute atomic E-state index is 0.218. The van der Waals surface area contributed by atoms with Crippen LogP contribution in [0.1, 0.15) is 5.56 Å². The molecule has 0 aromatic heterocycles. The van der Waals surface area contributed by atoms with E-state index in [1.54, 1.807) is 24.4 Å². The summed E-state index contributed by atoms with van der Waals surface area (Å²) in [5, 5.41) is 10.9. The molecule has 6 nitrogen and oxygen atoms in total. The second-order valence-electron chi connectivity index (χ2n) is 6.07. The zero-order chi connectivity index (χ0) is 18.9. The Morgan fingerprint density at radius 2 is 1.69 bits per heavy atom. The summed E-state index contributed by atoms with van der Waals surface area (Å²) in [5.41, 5.74) is 2.60. The van der Waals surface area contributed by atoms with Crippen LogP contribution < -0.4 is 4.90 Å². The van der Waals surface area contributed by atoms with E-state index >= 15 is 0 Å². The second-order valence-corrected chi connectivity index (χ2v) is 7.49. The van der Waals surface area contributed by atoms with Crippen molar-refractivity contribution >= 4 is 38.5 Å². The number of phenols is 1. The molecule has 0 saturated heterocycles. The molecular weight excluding hydrogens is 352 g/mol. The Labute approximate surface area is 151 Å². The maximum absolute atomic E-state index is 11.3. The van der Waals surface area contributed by atoms with E-state index < -0.39 is 10.1 Å². The maximum atomic E-state index is 11.3.